The van der Waals surface area contributed by atoms with Crippen LogP contribution in [-0.4, -0.2) is 10.5 Å². The van der Waals surface area contributed by atoms with Crippen LogP contribution in [0.2, 0.25) is 0 Å². The minimum atomic E-state index is -0.0746. The lowest BCUT2D eigenvalue weighted by Gasteiger charge is -2.06. The number of amides is 1. The maximum atomic E-state index is 12.0. The molecule has 3 nitrogen and oxygen atoms in total. The van der Waals surface area contributed by atoms with Crippen molar-refractivity contribution in [1.29, 1.82) is 0 Å². The van der Waals surface area contributed by atoms with Crippen molar-refractivity contribution in [2.45, 2.75) is 41.0 Å². The molecule has 0 unspecified atom stereocenters. The quantitative estimate of drug-likeness (QED) is 0.812. The number of nitrogens with zero attached hydrogens (tertiary/aromatic N) is 1. The first-order chi connectivity index (χ1) is 9.08. The lowest BCUT2D eigenvalue weighted by atomic mass is 10.3. The van der Waals surface area contributed by atoms with Crippen molar-refractivity contribution in [1.82, 2.24) is 9.88 Å². The maximum absolute atomic E-state index is 12.0. The number of carbonyl (C=O) groups is 1. The molecule has 1 heterocycles. The highest BCUT2D eigenvalue weighted by Crippen LogP contribution is 2.06. The first-order valence-electron chi connectivity index (χ1n) is 6.85. The van der Waals surface area contributed by atoms with Crippen LogP contribution < -0.4 is 5.32 Å². The lowest BCUT2D eigenvalue weighted by molar-refractivity contribution is 0.0959. The van der Waals surface area contributed by atoms with E-state index in [1.807, 2.05) is 69.8 Å². The van der Waals surface area contributed by atoms with Gasteiger partial charge in [-0.15, -0.1) is 0 Å². The molecule has 1 aromatic heterocycles. The summed E-state index contributed by atoms with van der Waals surface area (Å²) >= 11 is 0. The van der Waals surface area contributed by atoms with Gasteiger partial charge in [-0.05, 0) is 38.0 Å². The molecular formula is C16H28N2O. The Morgan fingerprint density at radius 3 is 2.53 bits per heavy atom. The van der Waals surface area contributed by atoms with Crippen molar-refractivity contribution in [3.8, 4) is 0 Å². The molecule has 19 heavy (non-hydrogen) atoms. The van der Waals surface area contributed by atoms with Crippen LogP contribution in [0.3, 0.4) is 0 Å². The summed E-state index contributed by atoms with van der Waals surface area (Å²) in [6, 6.07) is 1.88. The molecule has 0 aliphatic heterocycles. The van der Waals surface area contributed by atoms with Crippen LogP contribution in [-0.2, 0) is 7.05 Å². The van der Waals surface area contributed by atoms with Crippen LogP contribution in [0, 0.1) is 6.92 Å². The normalized spacial score (nSPS) is 11.2. The molecule has 0 aromatic carbocycles. The van der Waals surface area contributed by atoms with Crippen molar-refractivity contribution < 1.29 is 6.22 Å². The van der Waals surface area contributed by atoms with Crippen molar-refractivity contribution in [2.24, 2.45) is 7.05 Å². The molecule has 0 aliphatic rings. The molecule has 1 amide bonds. The van der Waals surface area contributed by atoms with E-state index in [2.05, 4.69) is 12.2 Å². The molecular weight excluding hydrogens is 236 g/mol. The molecule has 108 valence electrons. The zero-order chi connectivity index (χ0) is 14.8. The number of nitrogens with one attached hydrogen (secondary N) is 1. The van der Waals surface area contributed by atoms with E-state index in [9.17, 15) is 4.79 Å². The number of hydrogen-bond acceptors (Lipinski definition) is 1. The monoisotopic (exact) mass is 264 g/mol. The maximum Gasteiger partial charge on any atom is 0.272 e. The van der Waals surface area contributed by atoms with Gasteiger partial charge < -0.3 is 9.88 Å². The van der Waals surface area contributed by atoms with E-state index in [4.69, 9.17) is 0 Å². The molecule has 0 fully saturated rings. The third-order valence-electron chi connectivity index (χ3n) is 2.48. The molecule has 3 heteroatoms. The number of allylic oxidation sites excluding steroid dienone is 3. The summed E-state index contributed by atoms with van der Waals surface area (Å²) < 4.78 is 1.83. The second-order valence-corrected chi connectivity index (χ2v) is 4.02. The number of carbonyl (C=O) groups excluding carboxylic acids is 1. The Bertz CT molecular complexity index is 459. The van der Waals surface area contributed by atoms with E-state index >= 15 is 0 Å². The number of aromatic nitrogens is 1. The highest BCUT2D eigenvalue weighted by Gasteiger charge is 2.10. The standard InChI is InChI=1S/C14H20N2O.C2H6.H2/c1-5-7-8-12(6-2)15-14(17)13-9-11(3)10-16(13)4;1-2;/h6-10H,5H2,1-4H3,(H,15,17);1-2H3;1H/b8-7-,12-6+;;. The Morgan fingerprint density at radius 1 is 1.47 bits per heavy atom. The van der Waals surface area contributed by atoms with Crippen LogP contribution in [0.5, 0.6) is 0 Å². The molecule has 0 aliphatic carbocycles. The average molecular weight is 264 g/mol. The zero-order valence-corrected chi connectivity index (χ0v) is 12.9. The number of aryl methyl sites for hydroxylation is 2. The second-order valence-electron chi connectivity index (χ2n) is 4.02. The van der Waals surface area contributed by atoms with Gasteiger partial charge in [0.05, 0.1) is 0 Å². The topological polar surface area (TPSA) is 34.0 Å². The summed E-state index contributed by atoms with van der Waals surface area (Å²) in [6.07, 6.45) is 8.72. The zero-order valence-electron chi connectivity index (χ0n) is 12.9. The van der Waals surface area contributed by atoms with Crippen LogP contribution in [0.4, 0.5) is 0 Å². The fraction of sp³-hybridized carbons (Fsp3) is 0.438. The Balaban J connectivity index is 0. The Hall–Kier alpha value is -1.77. The van der Waals surface area contributed by atoms with Gasteiger partial charge in [-0.1, -0.05) is 32.9 Å². The summed E-state index contributed by atoms with van der Waals surface area (Å²) in [5, 5.41) is 2.89. The molecule has 1 aromatic rings. The first-order valence-corrected chi connectivity index (χ1v) is 6.85. The SMILES string of the molecule is C/C=C(\C=C/CC)NC(=O)c1cc(C)cn1C.CC.[HH]. The molecule has 0 saturated carbocycles. The van der Waals surface area contributed by atoms with E-state index in [1.54, 1.807) is 0 Å². The largest absolute Gasteiger partial charge is 0.346 e. The van der Waals surface area contributed by atoms with Gasteiger partial charge in [0.1, 0.15) is 5.69 Å². The molecule has 1 rings (SSSR count). The number of hydrogen-bond donors (Lipinski definition) is 1. The first kappa shape index (κ1) is 17.2. The molecule has 0 atom stereocenters. The van der Waals surface area contributed by atoms with Crippen LogP contribution >= 0.6 is 0 Å². The van der Waals surface area contributed by atoms with Crippen molar-refractivity contribution >= 4 is 5.91 Å². The highest BCUT2D eigenvalue weighted by atomic mass is 16.1. The molecule has 1 N–H and O–H groups in total. The van der Waals surface area contributed by atoms with E-state index in [0.29, 0.717) is 5.69 Å². The Labute approximate surface area is 118 Å². The Morgan fingerprint density at radius 2 is 2.11 bits per heavy atom. The fourth-order valence-electron chi connectivity index (χ4n) is 1.61. The third-order valence-corrected chi connectivity index (χ3v) is 2.48. The minimum absolute atomic E-state index is 0. The smallest absolute Gasteiger partial charge is 0.272 e. The summed E-state index contributed by atoms with van der Waals surface area (Å²) in [5.41, 5.74) is 2.59. The summed E-state index contributed by atoms with van der Waals surface area (Å²) in [7, 11) is 1.87. The Kier molecular flexibility index (Phi) is 8.34. The van der Waals surface area contributed by atoms with E-state index in [1.165, 1.54) is 0 Å². The number of rotatable bonds is 4. The second kappa shape index (κ2) is 9.20. The van der Waals surface area contributed by atoms with Gasteiger partial charge in [0.2, 0.25) is 0 Å². The summed E-state index contributed by atoms with van der Waals surface area (Å²) in [4.78, 5) is 12.0. The average Bonchev–Trinajstić information content (AvgIpc) is 2.75. The van der Waals surface area contributed by atoms with Crippen molar-refractivity contribution in [3.63, 3.8) is 0 Å². The van der Waals surface area contributed by atoms with Crippen LogP contribution in [0.15, 0.2) is 36.2 Å². The predicted molar refractivity (Wildman–Crippen MR) is 84.3 cm³/mol. The predicted octanol–water partition coefficient (Wildman–Crippen LogP) is 4.21. The minimum Gasteiger partial charge on any atom is -0.346 e. The molecule has 0 saturated heterocycles. The molecule has 0 spiro atoms. The summed E-state index contributed by atoms with van der Waals surface area (Å²) in [5.74, 6) is -0.0746. The van der Waals surface area contributed by atoms with Gasteiger partial charge in [0.15, 0.2) is 0 Å². The van der Waals surface area contributed by atoms with Gasteiger partial charge in [0.25, 0.3) is 5.91 Å². The van der Waals surface area contributed by atoms with E-state index in [-0.39, 0.29) is 7.33 Å². The van der Waals surface area contributed by atoms with Gasteiger partial charge in [-0.2, -0.15) is 0 Å². The van der Waals surface area contributed by atoms with Crippen molar-refractivity contribution in [3.05, 3.63) is 47.4 Å². The van der Waals surface area contributed by atoms with Gasteiger partial charge in [-0.25, -0.2) is 0 Å². The molecule has 0 radical (unpaired) electrons. The lowest BCUT2D eigenvalue weighted by Crippen LogP contribution is -2.23. The van der Waals surface area contributed by atoms with Gasteiger partial charge in [-0.3, -0.25) is 4.79 Å². The summed E-state index contributed by atoms with van der Waals surface area (Å²) in [6.45, 7) is 9.95. The highest BCUT2D eigenvalue weighted by molar-refractivity contribution is 5.94. The van der Waals surface area contributed by atoms with Gasteiger partial charge >= 0.3 is 0 Å². The molecule has 0 bridgehead atoms. The van der Waals surface area contributed by atoms with E-state index < -0.39 is 0 Å². The van der Waals surface area contributed by atoms with Crippen LogP contribution in [0.1, 0.15) is 51.6 Å². The van der Waals surface area contributed by atoms with Gasteiger partial charge in [0, 0.05) is 20.4 Å². The van der Waals surface area contributed by atoms with E-state index in [0.717, 1.165) is 17.7 Å². The van der Waals surface area contributed by atoms with Crippen molar-refractivity contribution in [2.75, 3.05) is 0 Å². The fourth-order valence-corrected chi connectivity index (χ4v) is 1.61. The third kappa shape index (κ3) is 5.60. The van der Waals surface area contributed by atoms with Crippen LogP contribution in [0.25, 0.3) is 0 Å².